The highest BCUT2D eigenvalue weighted by atomic mass is 32.1. The van der Waals surface area contributed by atoms with Crippen molar-refractivity contribution < 1.29 is 9.90 Å². The van der Waals surface area contributed by atoms with E-state index in [4.69, 9.17) is 5.11 Å². The quantitative estimate of drug-likeness (QED) is 0.807. The maximum absolute atomic E-state index is 11.7. The van der Waals surface area contributed by atoms with E-state index in [9.17, 15) is 4.79 Å². The molecule has 2 aromatic heterocycles. The summed E-state index contributed by atoms with van der Waals surface area (Å²) < 4.78 is 1.73. The van der Waals surface area contributed by atoms with Crippen LogP contribution in [0, 0.1) is 11.8 Å². The zero-order valence-corrected chi connectivity index (χ0v) is 11.7. The van der Waals surface area contributed by atoms with Gasteiger partial charge in [0.1, 0.15) is 6.61 Å². The molecule has 6 heteroatoms. The van der Waals surface area contributed by atoms with Crippen molar-refractivity contribution in [1.82, 2.24) is 15.1 Å². The van der Waals surface area contributed by atoms with Crippen molar-refractivity contribution in [3.05, 3.63) is 40.3 Å². The second-order valence-electron chi connectivity index (χ2n) is 4.02. The largest absolute Gasteiger partial charge is 0.384 e. The lowest BCUT2D eigenvalue weighted by Crippen LogP contribution is -2.23. The molecule has 2 aromatic rings. The molecule has 0 spiro atoms. The Hall–Kier alpha value is -2.10. The van der Waals surface area contributed by atoms with Crippen molar-refractivity contribution in [3.63, 3.8) is 0 Å². The monoisotopic (exact) mass is 289 g/mol. The van der Waals surface area contributed by atoms with Gasteiger partial charge in [0.05, 0.1) is 11.4 Å². The number of aryl methyl sites for hydroxylation is 1. The Morgan fingerprint density at radius 1 is 1.50 bits per heavy atom. The maximum Gasteiger partial charge on any atom is 0.222 e. The van der Waals surface area contributed by atoms with Crippen molar-refractivity contribution >= 4 is 17.2 Å². The van der Waals surface area contributed by atoms with Gasteiger partial charge in [-0.1, -0.05) is 11.8 Å². The van der Waals surface area contributed by atoms with Crippen molar-refractivity contribution in [3.8, 4) is 11.8 Å². The summed E-state index contributed by atoms with van der Waals surface area (Å²) in [4.78, 5) is 13.6. The number of rotatable bonds is 5. The maximum atomic E-state index is 11.7. The minimum absolute atomic E-state index is 0.00288. The van der Waals surface area contributed by atoms with Gasteiger partial charge in [-0.05, 0) is 18.2 Å². The molecule has 104 valence electrons. The predicted molar refractivity (Wildman–Crippen MR) is 77.0 cm³/mol. The van der Waals surface area contributed by atoms with Gasteiger partial charge in [-0.25, -0.2) is 0 Å². The van der Waals surface area contributed by atoms with Crippen LogP contribution in [0.1, 0.15) is 16.2 Å². The zero-order valence-electron chi connectivity index (χ0n) is 10.9. The van der Waals surface area contributed by atoms with Crippen molar-refractivity contribution in [2.75, 3.05) is 6.61 Å². The molecule has 20 heavy (non-hydrogen) atoms. The lowest BCUT2D eigenvalue weighted by Gasteiger charge is -2.03. The summed E-state index contributed by atoms with van der Waals surface area (Å²) >= 11 is 1.51. The van der Waals surface area contributed by atoms with E-state index in [-0.39, 0.29) is 12.5 Å². The van der Waals surface area contributed by atoms with Gasteiger partial charge in [-0.3, -0.25) is 9.48 Å². The molecule has 2 N–H and O–H groups in total. The molecule has 0 unspecified atom stereocenters. The first-order valence-electron chi connectivity index (χ1n) is 6.20. The molecule has 0 saturated carbocycles. The van der Waals surface area contributed by atoms with Crippen LogP contribution in [0.4, 0.5) is 0 Å². The number of nitrogens with one attached hydrogen (secondary N) is 1. The van der Waals surface area contributed by atoms with E-state index >= 15 is 0 Å². The average Bonchev–Trinajstić information content (AvgIpc) is 3.12. The van der Waals surface area contributed by atoms with E-state index in [1.165, 1.54) is 11.3 Å². The molecule has 0 aromatic carbocycles. The molecule has 2 rings (SSSR count). The first kappa shape index (κ1) is 14.3. The number of amides is 1. The Balaban J connectivity index is 1.74. The summed E-state index contributed by atoms with van der Waals surface area (Å²) in [7, 11) is 0. The number of aromatic nitrogens is 2. The summed E-state index contributed by atoms with van der Waals surface area (Å²) in [5.41, 5.74) is 0. The minimum Gasteiger partial charge on any atom is -0.384 e. The molecule has 2 heterocycles. The van der Waals surface area contributed by atoms with E-state index in [0.29, 0.717) is 19.5 Å². The normalized spacial score (nSPS) is 9.85. The van der Waals surface area contributed by atoms with Gasteiger partial charge in [0.25, 0.3) is 0 Å². The number of nitrogens with zero attached hydrogens (tertiary/aromatic N) is 2. The van der Waals surface area contributed by atoms with Gasteiger partial charge in [0, 0.05) is 30.2 Å². The van der Waals surface area contributed by atoms with E-state index < -0.39 is 0 Å². The van der Waals surface area contributed by atoms with Crippen LogP contribution >= 0.6 is 11.3 Å². The number of aliphatic hydroxyl groups excluding tert-OH is 1. The van der Waals surface area contributed by atoms with Gasteiger partial charge in [0.2, 0.25) is 5.91 Å². The fourth-order valence-corrected chi connectivity index (χ4v) is 2.41. The second kappa shape index (κ2) is 7.48. The van der Waals surface area contributed by atoms with Crippen molar-refractivity contribution in [1.29, 1.82) is 0 Å². The van der Waals surface area contributed by atoms with E-state index in [1.807, 2.05) is 24.4 Å². The highest BCUT2D eigenvalue weighted by Gasteiger charge is 2.03. The van der Waals surface area contributed by atoms with Crippen LogP contribution < -0.4 is 5.32 Å². The van der Waals surface area contributed by atoms with Crippen LogP contribution in [-0.4, -0.2) is 27.4 Å². The highest BCUT2D eigenvalue weighted by molar-refractivity contribution is 7.12. The molecule has 0 aliphatic rings. The van der Waals surface area contributed by atoms with Crippen molar-refractivity contribution in [2.24, 2.45) is 0 Å². The van der Waals surface area contributed by atoms with Crippen LogP contribution in [0.3, 0.4) is 0 Å². The van der Waals surface area contributed by atoms with Crippen LogP contribution in [0.5, 0.6) is 0 Å². The van der Waals surface area contributed by atoms with Gasteiger partial charge >= 0.3 is 0 Å². The summed E-state index contributed by atoms with van der Waals surface area (Å²) in [6.45, 7) is 0.942. The number of aliphatic hydroxyl groups is 1. The molecule has 0 atom stereocenters. The van der Waals surface area contributed by atoms with Crippen molar-refractivity contribution in [2.45, 2.75) is 19.5 Å². The first-order chi connectivity index (χ1) is 9.78. The fourth-order valence-electron chi connectivity index (χ4n) is 1.59. The third kappa shape index (κ3) is 4.53. The zero-order chi connectivity index (χ0) is 14.2. The fraction of sp³-hybridized carbons (Fsp3) is 0.286. The number of carbonyl (C=O) groups is 1. The molecule has 1 amide bonds. The van der Waals surface area contributed by atoms with Crippen LogP contribution in [0.2, 0.25) is 0 Å². The molecule has 0 aliphatic heterocycles. The lowest BCUT2D eigenvalue weighted by atomic mass is 10.3. The summed E-state index contributed by atoms with van der Waals surface area (Å²) in [6.07, 6.45) is 3.93. The van der Waals surface area contributed by atoms with Gasteiger partial charge < -0.3 is 10.4 Å². The molecule has 0 bridgehead atoms. The molecule has 0 aliphatic carbocycles. The molecule has 0 saturated heterocycles. The summed E-state index contributed by atoms with van der Waals surface area (Å²) in [6, 6.07) is 5.65. The van der Waals surface area contributed by atoms with E-state index in [2.05, 4.69) is 22.3 Å². The minimum atomic E-state index is -0.141. The molecule has 0 radical (unpaired) electrons. The highest BCUT2D eigenvalue weighted by Crippen LogP contribution is 2.14. The predicted octanol–water partition coefficient (Wildman–Crippen LogP) is 0.995. The molecule has 0 fully saturated rings. The Kier molecular flexibility index (Phi) is 5.35. The number of carbonyl (C=O) groups excluding carboxylic acids is 1. The Morgan fingerprint density at radius 2 is 2.40 bits per heavy atom. The Labute approximate surface area is 121 Å². The smallest absolute Gasteiger partial charge is 0.222 e. The third-order valence-corrected chi connectivity index (χ3v) is 3.54. The molecular formula is C14H15N3O2S. The standard InChI is InChI=1S/C14H15N3O2S/c18-10-1-3-12-4-5-13(20-12)11-15-14(19)6-9-17-8-2-7-16-17/h2,4-5,7-8,18H,6,9-11H2,(H,15,19). The number of hydrogen-bond acceptors (Lipinski definition) is 4. The van der Waals surface area contributed by atoms with Crippen LogP contribution in [0.25, 0.3) is 0 Å². The topological polar surface area (TPSA) is 67.2 Å². The first-order valence-corrected chi connectivity index (χ1v) is 7.02. The number of thiophene rings is 1. The SMILES string of the molecule is O=C(CCn1cccn1)NCc1ccc(C#CCO)s1. The molecular weight excluding hydrogens is 274 g/mol. The summed E-state index contributed by atoms with van der Waals surface area (Å²) in [5, 5.41) is 15.5. The summed E-state index contributed by atoms with van der Waals surface area (Å²) in [5.74, 6) is 5.43. The Bertz CT molecular complexity index is 608. The van der Waals surface area contributed by atoms with Crippen LogP contribution in [0.15, 0.2) is 30.6 Å². The number of hydrogen-bond donors (Lipinski definition) is 2. The average molecular weight is 289 g/mol. The third-order valence-electron chi connectivity index (χ3n) is 2.54. The Morgan fingerprint density at radius 3 is 3.15 bits per heavy atom. The van der Waals surface area contributed by atoms with Gasteiger partial charge in [0.15, 0.2) is 0 Å². The van der Waals surface area contributed by atoms with Crippen LogP contribution in [-0.2, 0) is 17.9 Å². The van der Waals surface area contributed by atoms with E-state index in [0.717, 1.165) is 9.75 Å². The molecule has 5 nitrogen and oxygen atoms in total. The van der Waals surface area contributed by atoms with E-state index in [1.54, 1.807) is 10.9 Å². The van der Waals surface area contributed by atoms with Gasteiger partial charge in [-0.15, -0.1) is 11.3 Å². The second-order valence-corrected chi connectivity index (χ2v) is 5.19. The van der Waals surface area contributed by atoms with Gasteiger partial charge in [-0.2, -0.15) is 5.10 Å². The lowest BCUT2D eigenvalue weighted by molar-refractivity contribution is -0.121.